The average molecular weight is 230 g/mol. The maximum atomic E-state index is 5.46. The van der Waals surface area contributed by atoms with Crippen molar-refractivity contribution in [1.29, 1.82) is 0 Å². The Hall–Kier alpha value is -1.48. The smallest absolute Gasteiger partial charge is 0.128 e. The van der Waals surface area contributed by atoms with Gasteiger partial charge >= 0.3 is 0 Å². The van der Waals surface area contributed by atoms with Gasteiger partial charge in [-0.2, -0.15) is 0 Å². The predicted octanol–water partition coefficient (Wildman–Crippen LogP) is 2.33. The van der Waals surface area contributed by atoms with E-state index in [4.69, 9.17) is 4.74 Å². The summed E-state index contributed by atoms with van der Waals surface area (Å²) in [5.74, 6) is 1.74. The lowest BCUT2D eigenvalue weighted by atomic mass is 9.98. The normalized spacial score (nSPS) is 19.9. The van der Waals surface area contributed by atoms with Crippen LogP contribution in [0.2, 0.25) is 0 Å². The van der Waals surface area contributed by atoms with Gasteiger partial charge in [-0.1, -0.05) is 6.07 Å². The molecule has 0 aliphatic carbocycles. The van der Waals surface area contributed by atoms with Crippen molar-refractivity contribution in [2.24, 2.45) is 5.92 Å². The molecule has 0 amide bonds. The molecule has 0 saturated carbocycles. The van der Waals surface area contributed by atoms with Crippen molar-refractivity contribution < 1.29 is 4.74 Å². The van der Waals surface area contributed by atoms with Crippen LogP contribution in [0.4, 0.5) is 0 Å². The van der Waals surface area contributed by atoms with E-state index in [0.717, 1.165) is 31.2 Å². The van der Waals surface area contributed by atoms with Crippen molar-refractivity contribution in [3.63, 3.8) is 0 Å². The van der Waals surface area contributed by atoms with E-state index in [9.17, 15) is 0 Å². The van der Waals surface area contributed by atoms with E-state index in [1.807, 2.05) is 12.1 Å². The second-order valence-electron chi connectivity index (χ2n) is 4.76. The van der Waals surface area contributed by atoms with Crippen LogP contribution in [-0.2, 0) is 6.42 Å². The Kier molecular flexibility index (Phi) is 2.77. The van der Waals surface area contributed by atoms with Gasteiger partial charge in [0.2, 0.25) is 0 Å². The molecule has 3 nitrogen and oxygen atoms in total. The van der Waals surface area contributed by atoms with Gasteiger partial charge in [0, 0.05) is 17.1 Å². The van der Waals surface area contributed by atoms with E-state index >= 15 is 0 Å². The van der Waals surface area contributed by atoms with Crippen LogP contribution in [0.15, 0.2) is 24.4 Å². The maximum Gasteiger partial charge on any atom is 0.128 e. The maximum absolute atomic E-state index is 5.46. The Morgan fingerprint density at radius 1 is 1.41 bits per heavy atom. The first-order valence-electron chi connectivity index (χ1n) is 6.22. The zero-order valence-electron chi connectivity index (χ0n) is 10.1. The fraction of sp³-hybridized carbons (Fsp3) is 0.429. The molecule has 0 bridgehead atoms. The summed E-state index contributed by atoms with van der Waals surface area (Å²) in [5.41, 5.74) is 2.55. The first kappa shape index (κ1) is 10.7. The number of methoxy groups -OCH3 is 1. The summed E-state index contributed by atoms with van der Waals surface area (Å²) in [4.78, 5) is 3.34. The lowest BCUT2D eigenvalue weighted by molar-refractivity contribution is 0.419. The van der Waals surface area contributed by atoms with Gasteiger partial charge in [0.1, 0.15) is 5.75 Å². The lowest BCUT2D eigenvalue weighted by Crippen LogP contribution is -2.10. The molecule has 1 aliphatic heterocycles. The van der Waals surface area contributed by atoms with Crippen molar-refractivity contribution in [2.45, 2.75) is 12.8 Å². The molecule has 1 fully saturated rings. The van der Waals surface area contributed by atoms with Crippen LogP contribution in [0.3, 0.4) is 0 Å². The zero-order valence-corrected chi connectivity index (χ0v) is 10.1. The number of aromatic amines is 1. The highest BCUT2D eigenvalue weighted by molar-refractivity contribution is 5.89. The summed E-state index contributed by atoms with van der Waals surface area (Å²) in [6.07, 6.45) is 4.54. The molecule has 1 aromatic carbocycles. The van der Waals surface area contributed by atoms with Crippen molar-refractivity contribution in [3.8, 4) is 5.75 Å². The minimum atomic E-state index is 0.763. The average Bonchev–Trinajstić information content (AvgIpc) is 2.99. The Morgan fingerprint density at radius 3 is 3.12 bits per heavy atom. The molecule has 3 rings (SSSR count). The number of fused-ring (bicyclic) bond motifs is 1. The molecule has 1 unspecified atom stereocenters. The largest absolute Gasteiger partial charge is 0.496 e. The first-order valence-corrected chi connectivity index (χ1v) is 6.22. The molecule has 1 aromatic heterocycles. The van der Waals surface area contributed by atoms with Crippen LogP contribution in [0.5, 0.6) is 5.75 Å². The van der Waals surface area contributed by atoms with Crippen molar-refractivity contribution in [2.75, 3.05) is 20.2 Å². The van der Waals surface area contributed by atoms with Crippen molar-refractivity contribution in [3.05, 3.63) is 30.0 Å². The Balaban J connectivity index is 1.98. The number of aromatic nitrogens is 1. The van der Waals surface area contributed by atoms with Crippen molar-refractivity contribution in [1.82, 2.24) is 10.3 Å². The SMILES string of the molecule is COc1cccc2[nH]cc(CC3CCNC3)c12. The number of hydrogen-bond acceptors (Lipinski definition) is 2. The van der Waals surface area contributed by atoms with E-state index in [0.29, 0.717) is 0 Å². The van der Waals surface area contributed by atoms with E-state index in [2.05, 4.69) is 22.6 Å². The monoisotopic (exact) mass is 230 g/mol. The van der Waals surface area contributed by atoms with Gasteiger partial charge in [-0.25, -0.2) is 0 Å². The second-order valence-corrected chi connectivity index (χ2v) is 4.76. The molecule has 2 heterocycles. The van der Waals surface area contributed by atoms with Gasteiger partial charge in [0.25, 0.3) is 0 Å². The van der Waals surface area contributed by atoms with Crippen LogP contribution in [0, 0.1) is 5.92 Å². The van der Waals surface area contributed by atoms with Crippen LogP contribution >= 0.6 is 0 Å². The quantitative estimate of drug-likeness (QED) is 0.849. The van der Waals surface area contributed by atoms with E-state index in [1.165, 1.54) is 22.9 Å². The third-order valence-corrected chi connectivity index (χ3v) is 3.64. The van der Waals surface area contributed by atoms with E-state index in [-0.39, 0.29) is 0 Å². The zero-order chi connectivity index (χ0) is 11.7. The van der Waals surface area contributed by atoms with Gasteiger partial charge in [-0.3, -0.25) is 0 Å². The van der Waals surface area contributed by atoms with Crippen LogP contribution < -0.4 is 10.1 Å². The summed E-state index contributed by atoms with van der Waals surface area (Å²) in [5, 5.41) is 4.67. The second kappa shape index (κ2) is 4.41. The number of benzene rings is 1. The van der Waals surface area contributed by atoms with Gasteiger partial charge in [0.05, 0.1) is 7.11 Å². The highest BCUT2D eigenvalue weighted by Crippen LogP contribution is 2.30. The fourth-order valence-electron chi connectivity index (χ4n) is 2.75. The third-order valence-electron chi connectivity index (χ3n) is 3.64. The molecule has 1 aliphatic rings. The molecule has 1 atom stereocenters. The molecule has 0 radical (unpaired) electrons. The number of H-pyrrole nitrogens is 1. The highest BCUT2D eigenvalue weighted by atomic mass is 16.5. The van der Waals surface area contributed by atoms with Crippen LogP contribution in [-0.4, -0.2) is 25.2 Å². The minimum Gasteiger partial charge on any atom is -0.496 e. The molecule has 1 saturated heterocycles. The molecule has 17 heavy (non-hydrogen) atoms. The number of ether oxygens (including phenoxy) is 1. The molecule has 0 spiro atoms. The molecule has 3 heteroatoms. The summed E-state index contributed by atoms with van der Waals surface area (Å²) in [7, 11) is 1.74. The Morgan fingerprint density at radius 2 is 2.35 bits per heavy atom. The number of hydrogen-bond donors (Lipinski definition) is 2. The van der Waals surface area contributed by atoms with Crippen LogP contribution in [0.1, 0.15) is 12.0 Å². The Bertz CT molecular complexity index is 512. The molecule has 2 N–H and O–H groups in total. The molecule has 90 valence electrons. The standard InChI is InChI=1S/C14H18N2O/c1-17-13-4-2-3-12-14(13)11(9-16-12)7-10-5-6-15-8-10/h2-4,9-10,15-16H,5-8H2,1H3. The van der Waals surface area contributed by atoms with Gasteiger partial charge in [0.15, 0.2) is 0 Å². The first-order chi connectivity index (χ1) is 8.38. The summed E-state index contributed by atoms with van der Waals surface area (Å²) in [6, 6.07) is 6.17. The summed E-state index contributed by atoms with van der Waals surface area (Å²) < 4.78 is 5.46. The molecular formula is C14H18N2O. The number of rotatable bonds is 3. The lowest BCUT2D eigenvalue weighted by Gasteiger charge is -2.08. The molecular weight excluding hydrogens is 212 g/mol. The number of nitrogens with one attached hydrogen (secondary N) is 2. The highest BCUT2D eigenvalue weighted by Gasteiger charge is 2.18. The minimum absolute atomic E-state index is 0.763. The predicted molar refractivity (Wildman–Crippen MR) is 69.5 cm³/mol. The topological polar surface area (TPSA) is 37.0 Å². The summed E-state index contributed by atoms with van der Waals surface area (Å²) in [6.45, 7) is 2.30. The third kappa shape index (κ3) is 1.91. The van der Waals surface area contributed by atoms with E-state index < -0.39 is 0 Å². The van der Waals surface area contributed by atoms with E-state index in [1.54, 1.807) is 7.11 Å². The molecule has 2 aromatic rings. The van der Waals surface area contributed by atoms with Gasteiger partial charge in [-0.15, -0.1) is 0 Å². The fourth-order valence-corrected chi connectivity index (χ4v) is 2.75. The Labute approximate surface area is 101 Å². The van der Waals surface area contributed by atoms with Crippen LogP contribution in [0.25, 0.3) is 10.9 Å². The van der Waals surface area contributed by atoms with Crippen molar-refractivity contribution >= 4 is 10.9 Å². The van der Waals surface area contributed by atoms with Gasteiger partial charge < -0.3 is 15.0 Å². The van der Waals surface area contributed by atoms with Gasteiger partial charge in [-0.05, 0) is 49.5 Å². The summed E-state index contributed by atoms with van der Waals surface area (Å²) >= 11 is 0.